The van der Waals surface area contributed by atoms with Gasteiger partial charge < -0.3 is 0 Å². The Morgan fingerprint density at radius 2 is 1.20 bits per heavy atom. The Balaban J connectivity index is 2.22. The topological polar surface area (TPSA) is 52.0 Å². The molecule has 2 nitrogen and oxygen atoms in total. The fourth-order valence-electron chi connectivity index (χ4n) is 1.29. The SMILES string of the molecule is Nc1cccc([Te]c2cccc(N)c2)c1. The van der Waals surface area contributed by atoms with Crippen LogP contribution in [0.15, 0.2) is 48.5 Å². The van der Waals surface area contributed by atoms with Crippen molar-refractivity contribution in [1.82, 2.24) is 0 Å². The molecule has 2 aromatic carbocycles. The molecule has 76 valence electrons. The van der Waals surface area contributed by atoms with Crippen molar-refractivity contribution in [3.8, 4) is 0 Å². The number of anilines is 2. The van der Waals surface area contributed by atoms with Gasteiger partial charge in [-0.3, -0.25) is 0 Å². The Bertz CT molecular complexity index is 425. The van der Waals surface area contributed by atoms with Crippen LogP contribution in [0.25, 0.3) is 0 Å². The number of hydrogen-bond donors (Lipinski definition) is 2. The molecule has 0 fully saturated rings. The van der Waals surface area contributed by atoms with E-state index in [4.69, 9.17) is 11.5 Å². The molecule has 0 atom stereocenters. The number of hydrogen-bond acceptors (Lipinski definition) is 2. The van der Waals surface area contributed by atoms with Gasteiger partial charge in [-0.25, -0.2) is 0 Å². The quantitative estimate of drug-likeness (QED) is 0.627. The van der Waals surface area contributed by atoms with E-state index in [1.165, 1.54) is 7.22 Å². The van der Waals surface area contributed by atoms with Crippen molar-refractivity contribution in [2.24, 2.45) is 0 Å². The van der Waals surface area contributed by atoms with E-state index in [2.05, 4.69) is 12.1 Å². The summed E-state index contributed by atoms with van der Waals surface area (Å²) in [5.74, 6) is 0. The van der Waals surface area contributed by atoms with Crippen LogP contribution in [-0.2, 0) is 0 Å². The Morgan fingerprint density at radius 3 is 1.60 bits per heavy atom. The molecule has 2 aromatic rings. The predicted octanol–water partition coefficient (Wildman–Crippen LogP) is 0.506. The first kappa shape index (κ1) is 10.4. The fraction of sp³-hybridized carbons (Fsp3) is 0. The van der Waals surface area contributed by atoms with Crippen molar-refractivity contribution >= 4 is 39.5 Å². The third kappa shape index (κ3) is 2.89. The van der Waals surface area contributed by atoms with Crippen LogP contribution in [0, 0.1) is 0 Å². The fourth-order valence-corrected chi connectivity index (χ4v) is 4.02. The second-order valence-electron chi connectivity index (χ2n) is 3.25. The van der Waals surface area contributed by atoms with Gasteiger partial charge in [-0.05, 0) is 0 Å². The van der Waals surface area contributed by atoms with Crippen LogP contribution >= 0.6 is 0 Å². The maximum absolute atomic E-state index is 5.74. The molecule has 0 saturated carbocycles. The van der Waals surface area contributed by atoms with Crippen molar-refractivity contribution < 1.29 is 0 Å². The molecule has 0 aliphatic carbocycles. The van der Waals surface area contributed by atoms with E-state index in [0.717, 1.165) is 11.4 Å². The molecule has 0 unspecified atom stereocenters. The normalized spacial score (nSPS) is 10.1. The minimum atomic E-state index is -0.353. The summed E-state index contributed by atoms with van der Waals surface area (Å²) in [5.41, 5.74) is 13.1. The average molecular weight is 312 g/mol. The maximum atomic E-state index is 5.74. The molecule has 15 heavy (non-hydrogen) atoms. The average Bonchev–Trinajstić information content (AvgIpc) is 2.17. The zero-order valence-corrected chi connectivity index (χ0v) is 10.5. The van der Waals surface area contributed by atoms with E-state index >= 15 is 0 Å². The summed E-state index contributed by atoms with van der Waals surface area (Å²) >= 11 is -0.353. The Kier molecular flexibility index (Phi) is 3.15. The number of nitrogen functional groups attached to an aromatic ring is 2. The van der Waals surface area contributed by atoms with Crippen molar-refractivity contribution in [1.29, 1.82) is 0 Å². The molecular formula is C12H12N2Te. The van der Waals surface area contributed by atoms with Gasteiger partial charge in [0.05, 0.1) is 0 Å². The van der Waals surface area contributed by atoms with Gasteiger partial charge in [0.1, 0.15) is 0 Å². The molecule has 0 bridgehead atoms. The molecule has 0 aromatic heterocycles. The van der Waals surface area contributed by atoms with Crippen LogP contribution in [0.1, 0.15) is 0 Å². The van der Waals surface area contributed by atoms with Gasteiger partial charge in [-0.2, -0.15) is 0 Å². The minimum absolute atomic E-state index is 0.353. The van der Waals surface area contributed by atoms with Gasteiger partial charge >= 0.3 is 99.5 Å². The molecule has 0 radical (unpaired) electrons. The third-order valence-corrected chi connectivity index (χ3v) is 4.75. The molecular weight excluding hydrogens is 300 g/mol. The predicted molar refractivity (Wildman–Crippen MR) is 66.7 cm³/mol. The van der Waals surface area contributed by atoms with E-state index < -0.39 is 0 Å². The standard InChI is InChI=1S/C12H12N2Te/c13-9-3-1-5-11(7-9)15-12-6-2-4-10(14)8-12/h1-8H,13-14H2. The summed E-state index contributed by atoms with van der Waals surface area (Å²) < 4.78 is 2.68. The van der Waals surface area contributed by atoms with Gasteiger partial charge in [0, 0.05) is 0 Å². The molecule has 0 saturated heterocycles. The number of benzene rings is 2. The van der Waals surface area contributed by atoms with Crippen LogP contribution in [0.3, 0.4) is 0 Å². The van der Waals surface area contributed by atoms with Crippen LogP contribution in [0.4, 0.5) is 11.4 Å². The Labute approximate surface area is 99.4 Å². The summed E-state index contributed by atoms with van der Waals surface area (Å²) in [6, 6.07) is 16.2. The molecule has 4 N–H and O–H groups in total. The van der Waals surface area contributed by atoms with Gasteiger partial charge in [0.2, 0.25) is 0 Å². The van der Waals surface area contributed by atoms with Crippen molar-refractivity contribution in [3.05, 3.63) is 48.5 Å². The Morgan fingerprint density at radius 1 is 0.733 bits per heavy atom. The second kappa shape index (κ2) is 4.57. The van der Waals surface area contributed by atoms with Gasteiger partial charge in [0.15, 0.2) is 0 Å². The molecule has 0 aliphatic heterocycles. The van der Waals surface area contributed by atoms with E-state index in [1.807, 2.05) is 36.4 Å². The Hall–Kier alpha value is -1.17. The third-order valence-electron chi connectivity index (χ3n) is 1.95. The van der Waals surface area contributed by atoms with Crippen LogP contribution in [0.2, 0.25) is 0 Å². The van der Waals surface area contributed by atoms with E-state index in [1.54, 1.807) is 0 Å². The molecule has 0 amide bonds. The summed E-state index contributed by atoms with van der Waals surface area (Å²) in [6.45, 7) is 0. The zero-order chi connectivity index (χ0) is 10.7. The van der Waals surface area contributed by atoms with Crippen LogP contribution in [0.5, 0.6) is 0 Å². The van der Waals surface area contributed by atoms with Crippen molar-refractivity contribution in [2.75, 3.05) is 11.5 Å². The molecule has 0 heterocycles. The van der Waals surface area contributed by atoms with Gasteiger partial charge in [0.25, 0.3) is 0 Å². The number of rotatable bonds is 2. The van der Waals surface area contributed by atoms with E-state index in [9.17, 15) is 0 Å². The van der Waals surface area contributed by atoms with E-state index in [0.29, 0.717) is 0 Å². The molecule has 3 heteroatoms. The zero-order valence-electron chi connectivity index (χ0n) is 8.18. The summed E-state index contributed by atoms with van der Waals surface area (Å²) in [5, 5.41) is 0. The first-order valence-electron chi connectivity index (χ1n) is 4.63. The van der Waals surface area contributed by atoms with Crippen molar-refractivity contribution in [2.45, 2.75) is 0 Å². The van der Waals surface area contributed by atoms with Crippen LogP contribution < -0.4 is 18.7 Å². The first-order valence-corrected chi connectivity index (χ1v) is 6.96. The van der Waals surface area contributed by atoms with Gasteiger partial charge in [-0.15, -0.1) is 0 Å². The number of nitrogens with two attached hydrogens (primary N) is 2. The van der Waals surface area contributed by atoms with Crippen molar-refractivity contribution in [3.63, 3.8) is 0 Å². The van der Waals surface area contributed by atoms with Gasteiger partial charge in [-0.1, -0.05) is 0 Å². The first-order chi connectivity index (χ1) is 7.24. The molecule has 0 aliphatic rings. The summed E-state index contributed by atoms with van der Waals surface area (Å²) in [4.78, 5) is 0. The monoisotopic (exact) mass is 314 g/mol. The molecule has 0 spiro atoms. The molecule has 2 rings (SSSR count). The summed E-state index contributed by atoms with van der Waals surface area (Å²) in [6.07, 6.45) is 0. The summed E-state index contributed by atoms with van der Waals surface area (Å²) in [7, 11) is 0. The van der Waals surface area contributed by atoms with E-state index in [-0.39, 0.29) is 20.9 Å². The van der Waals surface area contributed by atoms with Crippen LogP contribution in [-0.4, -0.2) is 20.9 Å². The second-order valence-corrected chi connectivity index (χ2v) is 6.52.